The highest BCUT2D eigenvalue weighted by molar-refractivity contribution is 9.10. The number of ether oxygens (including phenoxy) is 1. The molecule has 2 heterocycles. The lowest BCUT2D eigenvalue weighted by Crippen LogP contribution is -2.20. The minimum absolute atomic E-state index is 0.377. The van der Waals surface area contributed by atoms with Gasteiger partial charge in [0.15, 0.2) is 0 Å². The molecule has 0 bridgehead atoms. The quantitative estimate of drug-likeness (QED) is 0.815. The van der Waals surface area contributed by atoms with Crippen LogP contribution in [0.2, 0.25) is 0 Å². The van der Waals surface area contributed by atoms with Crippen molar-refractivity contribution >= 4 is 27.3 Å². The largest absolute Gasteiger partial charge is 0.493 e. The number of benzene rings is 1. The lowest BCUT2D eigenvalue weighted by atomic mass is 10.0. The minimum atomic E-state index is 0.377. The Morgan fingerprint density at radius 1 is 1.38 bits per heavy atom. The van der Waals surface area contributed by atoms with Crippen molar-refractivity contribution in [2.24, 2.45) is 0 Å². The van der Waals surface area contributed by atoms with Gasteiger partial charge in [-0.25, -0.2) is 0 Å². The molecular formula is C17H20BrNOS. The molecule has 2 nitrogen and oxygen atoms in total. The van der Waals surface area contributed by atoms with Crippen LogP contribution in [0, 0.1) is 0 Å². The van der Waals surface area contributed by atoms with Crippen LogP contribution in [0.1, 0.15) is 41.8 Å². The number of aryl methyl sites for hydroxylation is 1. The molecule has 1 aromatic heterocycles. The molecule has 112 valence electrons. The molecule has 2 aromatic rings. The number of hydrogen-bond acceptors (Lipinski definition) is 3. The Labute approximate surface area is 138 Å². The van der Waals surface area contributed by atoms with E-state index in [2.05, 4.69) is 57.8 Å². The van der Waals surface area contributed by atoms with Gasteiger partial charge in [-0.2, -0.15) is 0 Å². The van der Waals surface area contributed by atoms with Gasteiger partial charge >= 0.3 is 0 Å². The Hall–Kier alpha value is -0.840. The summed E-state index contributed by atoms with van der Waals surface area (Å²) in [6.07, 6.45) is 3.33. The summed E-state index contributed by atoms with van der Waals surface area (Å²) in [6, 6.07) is 8.98. The van der Waals surface area contributed by atoms with Gasteiger partial charge in [0.05, 0.1) is 6.61 Å². The molecule has 0 amide bonds. The highest BCUT2D eigenvalue weighted by Gasteiger charge is 2.20. The zero-order valence-corrected chi connectivity index (χ0v) is 14.6. The Bertz CT molecular complexity index is 611. The van der Waals surface area contributed by atoms with Crippen molar-refractivity contribution in [2.45, 2.75) is 38.8 Å². The lowest BCUT2D eigenvalue weighted by Gasteiger charge is -2.18. The number of hydrogen-bond donors (Lipinski definition) is 1. The molecule has 1 aromatic carbocycles. The molecular weight excluding hydrogens is 346 g/mol. The number of fused-ring (bicyclic) bond motifs is 1. The minimum Gasteiger partial charge on any atom is -0.493 e. The Morgan fingerprint density at radius 3 is 3.14 bits per heavy atom. The molecule has 0 aliphatic carbocycles. The third kappa shape index (κ3) is 3.50. The third-order valence-corrected chi connectivity index (χ3v) is 5.43. The number of rotatable bonds is 4. The Balaban J connectivity index is 1.76. The Morgan fingerprint density at radius 2 is 2.29 bits per heavy atom. The summed E-state index contributed by atoms with van der Waals surface area (Å²) in [4.78, 5) is 1.46. The van der Waals surface area contributed by atoms with E-state index >= 15 is 0 Å². The zero-order chi connectivity index (χ0) is 14.7. The standard InChI is InChI=1S/C17H20BrNOS/c1-2-12-7-9-21-17(12)11-19-15-4-3-8-20-16-10-13(18)5-6-14(15)16/h5-7,9-10,15,19H,2-4,8,11H2,1H3. The van der Waals surface area contributed by atoms with Crippen molar-refractivity contribution in [1.82, 2.24) is 5.32 Å². The average Bonchev–Trinajstić information content (AvgIpc) is 2.85. The normalized spacial score (nSPS) is 17.9. The summed E-state index contributed by atoms with van der Waals surface area (Å²) in [6.45, 7) is 3.97. The van der Waals surface area contributed by atoms with Gasteiger partial charge in [0.1, 0.15) is 5.75 Å². The smallest absolute Gasteiger partial charge is 0.125 e. The second-order valence-electron chi connectivity index (χ2n) is 5.33. The molecule has 21 heavy (non-hydrogen) atoms. The zero-order valence-electron chi connectivity index (χ0n) is 12.2. The fraction of sp³-hybridized carbons (Fsp3) is 0.412. The molecule has 1 N–H and O–H groups in total. The third-order valence-electron chi connectivity index (χ3n) is 3.97. The fourth-order valence-electron chi connectivity index (χ4n) is 2.81. The van der Waals surface area contributed by atoms with E-state index in [0.29, 0.717) is 6.04 Å². The van der Waals surface area contributed by atoms with Gasteiger partial charge in [0.25, 0.3) is 0 Å². The van der Waals surface area contributed by atoms with Crippen molar-refractivity contribution in [3.63, 3.8) is 0 Å². The fourth-order valence-corrected chi connectivity index (χ4v) is 4.08. The molecule has 3 rings (SSSR count). The molecule has 0 radical (unpaired) electrons. The summed E-state index contributed by atoms with van der Waals surface area (Å²) in [5, 5.41) is 5.92. The highest BCUT2D eigenvalue weighted by Crippen LogP contribution is 2.34. The van der Waals surface area contributed by atoms with Gasteiger partial charge in [-0.15, -0.1) is 11.3 Å². The maximum atomic E-state index is 5.87. The second-order valence-corrected chi connectivity index (χ2v) is 7.25. The lowest BCUT2D eigenvalue weighted by molar-refractivity contribution is 0.315. The molecule has 0 spiro atoms. The summed E-state index contributed by atoms with van der Waals surface area (Å²) in [5.41, 5.74) is 2.75. The first kappa shape index (κ1) is 15.1. The van der Waals surface area contributed by atoms with Gasteiger partial charge in [-0.3, -0.25) is 0 Å². The van der Waals surface area contributed by atoms with Gasteiger partial charge in [-0.1, -0.05) is 28.9 Å². The van der Waals surface area contributed by atoms with Crippen LogP contribution >= 0.6 is 27.3 Å². The van der Waals surface area contributed by atoms with Crippen LogP contribution < -0.4 is 10.1 Å². The van der Waals surface area contributed by atoms with Crippen LogP contribution in [0.3, 0.4) is 0 Å². The molecule has 1 unspecified atom stereocenters. The van der Waals surface area contributed by atoms with E-state index in [1.54, 1.807) is 0 Å². The van der Waals surface area contributed by atoms with Crippen LogP contribution in [-0.4, -0.2) is 6.61 Å². The van der Waals surface area contributed by atoms with Crippen molar-refractivity contribution in [1.29, 1.82) is 0 Å². The molecule has 0 saturated carbocycles. The first-order chi connectivity index (χ1) is 10.3. The van der Waals surface area contributed by atoms with E-state index in [-0.39, 0.29) is 0 Å². The number of halogens is 1. The van der Waals surface area contributed by atoms with E-state index in [1.165, 1.54) is 16.0 Å². The number of thiophene rings is 1. The van der Waals surface area contributed by atoms with Crippen LogP contribution in [0.5, 0.6) is 5.75 Å². The summed E-state index contributed by atoms with van der Waals surface area (Å²) in [5.74, 6) is 1.02. The van der Waals surface area contributed by atoms with Crippen molar-refractivity contribution in [3.05, 3.63) is 50.1 Å². The topological polar surface area (TPSA) is 21.3 Å². The first-order valence-electron chi connectivity index (χ1n) is 7.49. The SMILES string of the molecule is CCc1ccsc1CNC1CCCOc2cc(Br)ccc21. The van der Waals surface area contributed by atoms with Gasteiger partial charge in [0.2, 0.25) is 0 Å². The van der Waals surface area contributed by atoms with Gasteiger partial charge in [0, 0.05) is 27.5 Å². The highest BCUT2D eigenvalue weighted by atomic mass is 79.9. The molecule has 1 aliphatic heterocycles. The van der Waals surface area contributed by atoms with Crippen LogP contribution in [0.25, 0.3) is 0 Å². The number of nitrogens with one attached hydrogen (secondary N) is 1. The average molecular weight is 366 g/mol. The molecule has 0 saturated heterocycles. The van der Waals surface area contributed by atoms with Crippen molar-refractivity contribution < 1.29 is 4.74 Å². The van der Waals surface area contributed by atoms with E-state index < -0.39 is 0 Å². The van der Waals surface area contributed by atoms with Crippen molar-refractivity contribution in [3.8, 4) is 5.75 Å². The molecule has 1 atom stereocenters. The van der Waals surface area contributed by atoms with Crippen molar-refractivity contribution in [2.75, 3.05) is 6.61 Å². The molecule has 1 aliphatic rings. The monoisotopic (exact) mass is 365 g/mol. The van der Waals surface area contributed by atoms with Gasteiger partial charge < -0.3 is 10.1 Å². The van der Waals surface area contributed by atoms with E-state index in [1.807, 2.05) is 11.3 Å². The summed E-state index contributed by atoms with van der Waals surface area (Å²) < 4.78 is 6.95. The maximum Gasteiger partial charge on any atom is 0.125 e. The molecule has 4 heteroatoms. The van der Waals surface area contributed by atoms with Gasteiger partial charge in [-0.05, 0) is 48.4 Å². The van der Waals surface area contributed by atoms with Crippen LogP contribution in [-0.2, 0) is 13.0 Å². The van der Waals surface area contributed by atoms with Crippen LogP contribution in [0.15, 0.2) is 34.1 Å². The predicted octanol–water partition coefficient (Wildman–Crippen LogP) is 5.08. The van der Waals surface area contributed by atoms with Crippen LogP contribution in [0.4, 0.5) is 0 Å². The second kappa shape index (κ2) is 6.95. The van der Waals surface area contributed by atoms with E-state index in [0.717, 1.165) is 42.6 Å². The summed E-state index contributed by atoms with van der Waals surface area (Å²) >= 11 is 5.38. The first-order valence-corrected chi connectivity index (χ1v) is 9.16. The predicted molar refractivity (Wildman–Crippen MR) is 92.1 cm³/mol. The van der Waals surface area contributed by atoms with E-state index in [9.17, 15) is 0 Å². The maximum absolute atomic E-state index is 5.87. The van der Waals surface area contributed by atoms with E-state index in [4.69, 9.17) is 4.74 Å². The summed E-state index contributed by atoms with van der Waals surface area (Å²) in [7, 11) is 0. The Kier molecular flexibility index (Phi) is 4.99. The molecule has 0 fully saturated rings.